The summed E-state index contributed by atoms with van der Waals surface area (Å²) >= 11 is 0. The summed E-state index contributed by atoms with van der Waals surface area (Å²) in [5.41, 5.74) is -0.144. The molecule has 0 unspecified atom stereocenters. The molecule has 2 N–H and O–H groups in total. The molecule has 0 fully saturated rings. The van der Waals surface area contributed by atoms with Gasteiger partial charge in [-0.05, 0) is 12.8 Å². The standard InChI is InChI=1S/C11H17N3O2/c1-3-11(4-2,7-15)14-10(16)9-5-12-8-13-6-9/h5-6,8,15H,3-4,7H2,1-2H3,(H,14,16). The van der Waals surface area contributed by atoms with Crippen LogP contribution in [0.1, 0.15) is 37.0 Å². The molecule has 0 aliphatic rings. The summed E-state index contributed by atoms with van der Waals surface area (Å²) in [6, 6.07) is 0. The Bertz CT molecular complexity index is 328. The first kappa shape index (κ1) is 12.6. The number of carbonyl (C=O) groups is 1. The van der Waals surface area contributed by atoms with Crippen molar-refractivity contribution in [1.82, 2.24) is 15.3 Å². The van der Waals surface area contributed by atoms with Crippen LogP contribution in [0.15, 0.2) is 18.7 Å². The average Bonchev–Trinajstić information content (AvgIpc) is 2.37. The van der Waals surface area contributed by atoms with Gasteiger partial charge in [0.15, 0.2) is 0 Å². The average molecular weight is 223 g/mol. The van der Waals surface area contributed by atoms with Crippen molar-refractivity contribution in [3.63, 3.8) is 0 Å². The number of aromatic nitrogens is 2. The van der Waals surface area contributed by atoms with Gasteiger partial charge in [-0.15, -0.1) is 0 Å². The second-order valence-corrected chi connectivity index (χ2v) is 3.73. The quantitative estimate of drug-likeness (QED) is 0.772. The molecular formula is C11H17N3O2. The SMILES string of the molecule is CCC(CC)(CO)NC(=O)c1cncnc1. The van der Waals surface area contributed by atoms with Crippen LogP contribution in [0.2, 0.25) is 0 Å². The van der Waals surface area contributed by atoms with Crippen LogP contribution in [-0.2, 0) is 0 Å². The van der Waals surface area contributed by atoms with Crippen LogP contribution in [0.3, 0.4) is 0 Å². The van der Waals surface area contributed by atoms with E-state index >= 15 is 0 Å². The molecule has 5 heteroatoms. The maximum atomic E-state index is 11.8. The molecule has 16 heavy (non-hydrogen) atoms. The first-order chi connectivity index (χ1) is 7.67. The predicted molar refractivity (Wildman–Crippen MR) is 59.9 cm³/mol. The summed E-state index contributed by atoms with van der Waals surface area (Å²) < 4.78 is 0. The zero-order valence-electron chi connectivity index (χ0n) is 9.60. The summed E-state index contributed by atoms with van der Waals surface area (Å²) in [5.74, 6) is -0.252. The van der Waals surface area contributed by atoms with Gasteiger partial charge in [0.25, 0.3) is 5.91 Å². The highest BCUT2D eigenvalue weighted by Crippen LogP contribution is 2.14. The Kier molecular flexibility index (Phi) is 4.37. The van der Waals surface area contributed by atoms with E-state index in [0.29, 0.717) is 18.4 Å². The Morgan fingerprint density at radius 1 is 1.38 bits per heavy atom. The van der Waals surface area contributed by atoms with Crippen molar-refractivity contribution >= 4 is 5.91 Å². The Hall–Kier alpha value is -1.49. The number of nitrogens with zero attached hydrogens (tertiary/aromatic N) is 2. The summed E-state index contributed by atoms with van der Waals surface area (Å²) in [6.07, 6.45) is 5.64. The smallest absolute Gasteiger partial charge is 0.254 e. The van der Waals surface area contributed by atoms with Gasteiger partial charge in [-0.1, -0.05) is 13.8 Å². The fourth-order valence-corrected chi connectivity index (χ4v) is 1.42. The zero-order valence-corrected chi connectivity index (χ0v) is 9.60. The number of aliphatic hydroxyl groups excluding tert-OH is 1. The Morgan fingerprint density at radius 2 is 1.94 bits per heavy atom. The van der Waals surface area contributed by atoms with Crippen molar-refractivity contribution in [3.8, 4) is 0 Å². The van der Waals surface area contributed by atoms with Gasteiger partial charge in [-0.3, -0.25) is 4.79 Å². The molecule has 0 radical (unpaired) electrons. The van der Waals surface area contributed by atoms with Crippen LogP contribution in [-0.4, -0.2) is 33.1 Å². The molecule has 0 atom stereocenters. The molecule has 0 saturated heterocycles. The summed E-state index contributed by atoms with van der Waals surface area (Å²) in [5, 5.41) is 12.2. The Morgan fingerprint density at radius 3 is 2.38 bits per heavy atom. The van der Waals surface area contributed by atoms with E-state index in [9.17, 15) is 9.90 Å². The molecule has 1 aromatic rings. The largest absolute Gasteiger partial charge is 0.394 e. The van der Waals surface area contributed by atoms with Crippen molar-refractivity contribution in [2.45, 2.75) is 32.2 Å². The maximum absolute atomic E-state index is 11.8. The van der Waals surface area contributed by atoms with Gasteiger partial charge in [0, 0.05) is 12.4 Å². The molecule has 0 aromatic carbocycles. The van der Waals surface area contributed by atoms with E-state index < -0.39 is 5.54 Å². The second kappa shape index (κ2) is 5.55. The minimum Gasteiger partial charge on any atom is -0.394 e. The van der Waals surface area contributed by atoms with E-state index in [1.54, 1.807) is 0 Å². The third kappa shape index (κ3) is 2.76. The number of nitrogens with one attached hydrogen (secondary N) is 1. The van der Waals surface area contributed by atoms with E-state index in [0.717, 1.165) is 0 Å². The molecule has 1 heterocycles. The van der Waals surface area contributed by atoms with Crippen LogP contribution < -0.4 is 5.32 Å². The first-order valence-corrected chi connectivity index (χ1v) is 5.36. The van der Waals surface area contributed by atoms with Gasteiger partial charge in [0.2, 0.25) is 0 Å². The van der Waals surface area contributed by atoms with Crippen molar-refractivity contribution in [2.75, 3.05) is 6.61 Å². The molecular weight excluding hydrogens is 206 g/mol. The lowest BCUT2D eigenvalue weighted by Gasteiger charge is -2.30. The van der Waals surface area contributed by atoms with Crippen LogP contribution in [0, 0.1) is 0 Å². The number of aliphatic hydroxyl groups is 1. The highest BCUT2D eigenvalue weighted by atomic mass is 16.3. The first-order valence-electron chi connectivity index (χ1n) is 5.36. The van der Waals surface area contributed by atoms with Crippen molar-refractivity contribution in [1.29, 1.82) is 0 Å². The monoisotopic (exact) mass is 223 g/mol. The molecule has 1 aromatic heterocycles. The van der Waals surface area contributed by atoms with Gasteiger partial charge in [-0.2, -0.15) is 0 Å². The van der Waals surface area contributed by atoms with Gasteiger partial charge < -0.3 is 10.4 Å². The van der Waals surface area contributed by atoms with Gasteiger partial charge in [0.05, 0.1) is 17.7 Å². The molecule has 1 amide bonds. The fourth-order valence-electron chi connectivity index (χ4n) is 1.42. The Labute approximate surface area is 94.9 Å². The Balaban J connectivity index is 2.77. The van der Waals surface area contributed by atoms with Crippen LogP contribution in [0.25, 0.3) is 0 Å². The molecule has 0 aliphatic heterocycles. The van der Waals surface area contributed by atoms with Crippen LogP contribution in [0.4, 0.5) is 0 Å². The number of rotatable bonds is 5. The minimum absolute atomic E-state index is 0.0700. The lowest BCUT2D eigenvalue weighted by atomic mass is 9.93. The van der Waals surface area contributed by atoms with Gasteiger partial charge >= 0.3 is 0 Å². The lowest BCUT2D eigenvalue weighted by molar-refractivity contribution is 0.0817. The van der Waals surface area contributed by atoms with Crippen molar-refractivity contribution < 1.29 is 9.90 Å². The number of hydrogen-bond acceptors (Lipinski definition) is 4. The summed E-state index contributed by atoms with van der Waals surface area (Å²) in [4.78, 5) is 19.4. The van der Waals surface area contributed by atoms with Crippen LogP contribution >= 0.6 is 0 Å². The summed E-state index contributed by atoms with van der Waals surface area (Å²) in [6.45, 7) is 3.79. The van der Waals surface area contributed by atoms with Crippen molar-refractivity contribution in [3.05, 3.63) is 24.3 Å². The zero-order chi connectivity index (χ0) is 12.0. The number of carbonyl (C=O) groups excluding carboxylic acids is 1. The lowest BCUT2D eigenvalue weighted by Crippen LogP contribution is -2.50. The van der Waals surface area contributed by atoms with E-state index in [1.807, 2.05) is 13.8 Å². The van der Waals surface area contributed by atoms with Gasteiger partial charge in [0.1, 0.15) is 6.33 Å². The topological polar surface area (TPSA) is 75.1 Å². The molecule has 0 bridgehead atoms. The molecule has 0 spiro atoms. The minimum atomic E-state index is -0.549. The highest BCUT2D eigenvalue weighted by Gasteiger charge is 2.27. The van der Waals surface area contributed by atoms with Gasteiger partial charge in [-0.25, -0.2) is 9.97 Å². The molecule has 1 rings (SSSR count). The fraction of sp³-hybridized carbons (Fsp3) is 0.545. The van der Waals surface area contributed by atoms with E-state index in [2.05, 4.69) is 15.3 Å². The molecule has 0 saturated carbocycles. The highest BCUT2D eigenvalue weighted by molar-refractivity contribution is 5.94. The van der Waals surface area contributed by atoms with E-state index in [-0.39, 0.29) is 12.5 Å². The van der Waals surface area contributed by atoms with Crippen molar-refractivity contribution in [2.24, 2.45) is 0 Å². The second-order valence-electron chi connectivity index (χ2n) is 3.73. The number of hydrogen-bond donors (Lipinski definition) is 2. The van der Waals surface area contributed by atoms with E-state index in [4.69, 9.17) is 0 Å². The third-order valence-electron chi connectivity index (χ3n) is 2.86. The number of amides is 1. The molecule has 5 nitrogen and oxygen atoms in total. The molecule has 88 valence electrons. The summed E-state index contributed by atoms with van der Waals surface area (Å²) in [7, 11) is 0. The van der Waals surface area contributed by atoms with E-state index in [1.165, 1.54) is 18.7 Å². The molecule has 0 aliphatic carbocycles. The van der Waals surface area contributed by atoms with Crippen LogP contribution in [0.5, 0.6) is 0 Å². The normalized spacial score (nSPS) is 11.2. The third-order valence-corrected chi connectivity index (χ3v) is 2.86. The maximum Gasteiger partial charge on any atom is 0.254 e. The predicted octanol–water partition coefficient (Wildman–Crippen LogP) is 0.757.